The number of morpholine rings is 1. The molecule has 0 aliphatic carbocycles. The summed E-state index contributed by atoms with van der Waals surface area (Å²) < 4.78 is 5.61. The Morgan fingerprint density at radius 1 is 1.35 bits per heavy atom. The van der Waals surface area contributed by atoms with Crippen LogP contribution in [0.4, 0.5) is 0 Å². The molecule has 1 rings (SSSR count). The van der Waals surface area contributed by atoms with Crippen LogP contribution in [-0.2, 0) is 9.53 Å². The maximum atomic E-state index is 12.4. The fourth-order valence-electron chi connectivity index (χ4n) is 2.15. The van der Waals surface area contributed by atoms with Crippen molar-refractivity contribution in [2.45, 2.75) is 26.4 Å². The van der Waals surface area contributed by atoms with Gasteiger partial charge in [-0.05, 0) is 20.0 Å². The summed E-state index contributed by atoms with van der Waals surface area (Å²) in [4.78, 5) is 16.4. The molecule has 0 spiro atoms. The molecule has 1 unspecified atom stereocenters. The first-order chi connectivity index (χ1) is 8.99. The molecule has 1 saturated heterocycles. The van der Waals surface area contributed by atoms with Gasteiger partial charge in [0.15, 0.2) is 0 Å². The summed E-state index contributed by atoms with van der Waals surface area (Å²) >= 11 is 0. The van der Waals surface area contributed by atoms with Crippen molar-refractivity contribution in [3.8, 4) is 0 Å². The van der Waals surface area contributed by atoms with Gasteiger partial charge < -0.3 is 19.9 Å². The van der Waals surface area contributed by atoms with Crippen LogP contribution in [0.5, 0.6) is 0 Å². The predicted octanol–water partition coefficient (Wildman–Crippen LogP) is 0.833. The van der Waals surface area contributed by atoms with Gasteiger partial charge in [0.2, 0.25) is 5.91 Å². The predicted molar refractivity (Wildman–Crippen MR) is 84.4 cm³/mol. The average molecular weight is 308 g/mol. The zero-order valence-corrected chi connectivity index (χ0v) is 14.0. The number of carbonyl (C=O) groups is 1. The van der Waals surface area contributed by atoms with Crippen molar-refractivity contribution in [1.82, 2.24) is 15.1 Å². The molecule has 6 heteroatoms. The molecule has 1 fully saturated rings. The van der Waals surface area contributed by atoms with Gasteiger partial charge in [0.1, 0.15) is 0 Å². The number of amides is 1. The van der Waals surface area contributed by atoms with Crippen LogP contribution in [0.25, 0.3) is 0 Å². The number of ether oxygens (including phenoxy) is 1. The van der Waals surface area contributed by atoms with Gasteiger partial charge in [-0.3, -0.25) is 4.79 Å². The Labute approximate surface area is 129 Å². The van der Waals surface area contributed by atoms with E-state index in [-0.39, 0.29) is 24.4 Å². The summed E-state index contributed by atoms with van der Waals surface area (Å²) in [6.07, 6.45) is 0.530. The smallest absolute Gasteiger partial charge is 0.225 e. The highest BCUT2D eigenvalue weighted by Crippen LogP contribution is 2.07. The van der Waals surface area contributed by atoms with Crippen molar-refractivity contribution in [3.05, 3.63) is 0 Å². The lowest BCUT2D eigenvalue weighted by molar-refractivity contribution is -0.135. The second kappa shape index (κ2) is 10.4. The molecule has 1 N–H and O–H groups in total. The van der Waals surface area contributed by atoms with Gasteiger partial charge in [-0.25, -0.2) is 0 Å². The third-order valence-corrected chi connectivity index (χ3v) is 3.16. The van der Waals surface area contributed by atoms with E-state index >= 15 is 0 Å². The van der Waals surface area contributed by atoms with Gasteiger partial charge in [-0.1, -0.05) is 13.8 Å². The van der Waals surface area contributed by atoms with E-state index in [1.807, 2.05) is 19.0 Å². The molecule has 0 aromatic heterocycles. The van der Waals surface area contributed by atoms with E-state index in [0.717, 1.165) is 32.7 Å². The molecule has 0 bridgehead atoms. The molecular formula is C14H30ClN3O2. The maximum absolute atomic E-state index is 12.4. The standard InChI is InChI=1S/C14H29N3O2.ClH/c1-12(2)11-17(7-6-16(3)4)14(18)9-13-10-15-5-8-19-13;/h12-13,15H,5-11H2,1-4H3;1H. The number of rotatable bonds is 7. The summed E-state index contributed by atoms with van der Waals surface area (Å²) in [5.41, 5.74) is 0. The van der Waals surface area contributed by atoms with Crippen molar-refractivity contribution in [2.24, 2.45) is 5.92 Å². The van der Waals surface area contributed by atoms with Crippen molar-refractivity contribution >= 4 is 18.3 Å². The molecule has 5 nitrogen and oxygen atoms in total. The average Bonchev–Trinajstić information content (AvgIpc) is 2.35. The van der Waals surface area contributed by atoms with E-state index in [0.29, 0.717) is 18.9 Å². The van der Waals surface area contributed by atoms with Crippen LogP contribution in [0.2, 0.25) is 0 Å². The molecule has 1 aliphatic heterocycles. The molecule has 1 atom stereocenters. The Morgan fingerprint density at radius 2 is 2.05 bits per heavy atom. The van der Waals surface area contributed by atoms with Crippen molar-refractivity contribution < 1.29 is 9.53 Å². The van der Waals surface area contributed by atoms with Gasteiger partial charge in [0, 0.05) is 32.7 Å². The number of likely N-dealkylation sites (N-methyl/N-ethyl adjacent to an activating group) is 1. The molecule has 0 saturated carbocycles. The lowest BCUT2D eigenvalue weighted by atomic mass is 10.1. The lowest BCUT2D eigenvalue weighted by Gasteiger charge is -2.29. The molecule has 1 heterocycles. The fourth-order valence-corrected chi connectivity index (χ4v) is 2.15. The zero-order chi connectivity index (χ0) is 14.3. The molecule has 20 heavy (non-hydrogen) atoms. The molecule has 1 amide bonds. The molecule has 0 aromatic carbocycles. The third kappa shape index (κ3) is 8.04. The lowest BCUT2D eigenvalue weighted by Crippen LogP contribution is -2.44. The van der Waals surface area contributed by atoms with Crippen molar-refractivity contribution in [3.63, 3.8) is 0 Å². The van der Waals surface area contributed by atoms with E-state index in [9.17, 15) is 4.79 Å². The summed E-state index contributed by atoms with van der Waals surface area (Å²) in [6, 6.07) is 0. The number of nitrogens with zero attached hydrogens (tertiary/aromatic N) is 2. The molecule has 1 aliphatic rings. The Morgan fingerprint density at radius 3 is 2.55 bits per heavy atom. The summed E-state index contributed by atoms with van der Waals surface area (Å²) in [7, 11) is 4.07. The van der Waals surface area contributed by atoms with Gasteiger partial charge in [0.05, 0.1) is 19.1 Å². The second-order valence-corrected chi connectivity index (χ2v) is 5.94. The minimum atomic E-state index is 0. The second-order valence-electron chi connectivity index (χ2n) is 5.94. The largest absolute Gasteiger partial charge is 0.375 e. The minimum Gasteiger partial charge on any atom is -0.375 e. The summed E-state index contributed by atoms with van der Waals surface area (Å²) in [6.45, 7) is 9.21. The Balaban J connectivity index is 0.00000361. The molecule has 0 aromatic rings. The van der Waals surface area contributed by atoms with Gasteiger partial charge in [0.25, 0.3) is 0 Å². The van der Waals surface area contributed by atoms with E-state index in [1.165, 1.54) is 0 Å². The van der Waals surface area contributed by atoms with Crippen LogP contribution in [0, 0.1) is 5.92 Å². The normalized spacial score (nSPS) is 19.0. The fraction of sp³-hybridized carbons (Fsp3) is 0.929. The van der Waals surface area contributed by atoms with Crippen molar-refractivity contribution in [2.75, 3.05) is 53.4 Å². The molecule has 0 radical (unpaired) electrons. The van der Waals surface area contributed by atoms with Crippen LogP contribution in [-0.4, -0.2) is 75.2 Å². The molecule has 120 valence electrons. The molecular weight excluding hydrogens is 278 g/mol. The summed E-state index contributed by atoms with van der Waals surface area (Å²) in [5, 5.41) is 3.27. The highest BCUT2D eigenvalue weighted by Gasteiger charge is 2.22. The number of carbonyl (C=O) groups excluding carboxylic acids is 1. The minimum absolute atomic E-state index is 0. The first-order valence-corrected chi connectivity index (χ1v) is 7.24. The number of halogens is 1. The number of nitrogens with one attached hydrogen (secondary N) is 1. The quantitative estimate of drug-likeness (QED) is 0.757. The Hall–Kier alpha value is -0.360. The SMILES string of the molecule is CC(C)CN(CCN(C)C)C(=O)CC1CNCCO1.Cl. The number of hydrogen-bond donors (Lipinski definition) is 1. The Kier molecular flexibility index (Phi) is 10.2. The Bertz CT molecular complexity index is 269. The van der Waals surface area contributed by atoms with Gasteiger partial charge in [-0.15, -0.1) is 12.4 Å². The first kappa shape index (κ1) is 19.6. The first-order valence-electron chi connectivity index (χ1n) is 7.24. The monoisotopic (exact) mass is 307 g/mol. The van der Waals surface area contributed by atoms with E-state index in [2.05, 4.69) is 24.1 Å². The van der Waals surface area contributed by atoms with E-state index in [1.54, 1.807) is 0 Å². The van der Waals surface area contributed by atoms with Crippen molar-refractivity contribution in [1.29, 1.82) is 0 Å². The van der Waals surface area contributed by atoms with E-state index in [4.69, 9.17) is 4.74 Å². The zero-order valence-electron chi connectivity index (χ0n) is 13.2. The van der Waals surface area contributed by atoms with Crippen LogP contribution in [0.15, 0.2) is 0 Å². The highest BCUT2D eigenvalue weighted by molar-refractivity contribution is 5.85. The van der Waals surface area contributed by atoms with Crippen LogP contribution >= 0.6 is 12.4 Å². The topological polar surface area (TPSA) is 44.8 Å². The van der Waals surface area contributed by atoms with E-state index < -0.39 is 0 Å². The van der Waals surface area contributed by atoms with Crippen LogP contribution in [0.3, 0.4) is 0 Å². The maximum Gasteiger partial charge on any atom is 0.225 e. The number of hydrogen-bond acceptors (Lipinski definition) is 4. The highest BCUT2D eigenvalue weighted by atomic mass is 35.5. The van der Waals surface area contributed by atoms with Gasteiger partial charge >= 0.3 is 0 Å². The third-order valence-electron chi connectivity index (χ3n) is 3.16. The van der Waals surface area contributed by atoms with Gasteiger partial charge in [-0.2, -0.15) is 0 Å². The van der Waals surface area contributed by atoms with Crippen LogP contribution in [0.1, 0.15) is 20.3 Å². The summed E-state index contributed by atoms with van der Waals surface area (Å²) in [5.74, 6) is 0.709. The van der Waals surface area contributed by atoms with Crippen LogP contribution < -0.4 is 5.32 Å².